The number of aromatic nitrogens is 2. The van der Waals surface area contributed by atoms with Crippen molar-refractivity contribution in [2.24, 2.45) is 0 Å². The first-order valence-corrected chi connectivity index (χ1v) is 6.15. The van der Waals surface area contributed by atoms with E-state index in [1.54, 1.807) is 32.0 Å². The van der Waals surface area contributed by atoms with E-state index in [0.717, 1.165) is 0 Å². The smallest absolute Gasteiger partial charge is 0.259 e. The van der Waals surface area contributed by atoms with Crippen LogP contribution in [0.2, 0.25) is 0 Å². The zero-order chi connectivity index (χ0) is 14.1. The number of fused-ring (bicyclic) bond motifs is 1. The second-order valence-corrected chi connectivity index (χ2v) is 4.44. The molecule has 1 aliphatic rings. The van der Waals surface area contributed by atoms with Gasteiger partial charge in [0.05, 0.1) is 11.3 Å². The van der Waals surface area contributed by atoms with Gasteiger partial charge < -0.3 is 14.8 Å². The molecule has 0 aliphatic carbocycles. The third kappa shape index (κ3) is 2.27. The molecule has 1 N–H and O–H groups in total. The molecule has 1 amide bonds. The van der Waals surface area contributed by atoms with Gasteiger partial charge in [0.1, 0.15) is 5.82 Å². The highest BCUT2D eigenvalue weighted by atomic mass is 16.7. The van der Waals surface area contributed by atoms with Crippen LogP contribution < -0.4 is 14.8 Å². The minimum Gasteiger partial charge on any atom is -0.454 e. The van der Waals surface area contributed by atoms with E-state index >= 15 is 0 Å². The van der Waals surface area contributed by atoms with Gasteiger partial charge in [-0.2, -0.15) is 0 Å². The molecule has 3 rings (SSSR count). The minimum atomic E-state index is -0.249. The van der Waals surface area contributed by atoms with Gasteiger partial charge in [-0.05, 0) is 26.0 Å². The monoisotopic (exact) mass is 271 g/mol. The first kappa shape index (κ1) is 12.4. The molecule has 0 atom stereocenters. The van der Waals surface area contributed by atoms with Crippen molar-refractivity contribution in [2.45, 2.75) is 13.8 Å². The average molecular weight is 271 g/mol. The summed E-state index contributed by atoms with van der Waals surface area (Å²) in [5.74, 6) is 1.70. The van der Waals surface area contributed by atoms with E-state index in [-0.39, 0.29) is 12.7 Å². The first-order chi connectivity index (χ1) is 9.63. The molecule has 0 spiro atoms. The molecule has 0 saturated heterocycles. The molecule has 0 unspecified atom stereocenters. The van der Waals surface area contributed by atoms with Crippen LogP contribution in [0.5, 0.6) is 11.5 Å². The summed E-state index contributed by atoms with van der Waals surface area (Å²) in [5, 5.41) is 2.79. The predicted octanol–water partition coefficient (Wildman–Crippen LogP) is 2.07. The molecule has 0 bridgehead atoms. The van der Waals surface area contributed by atoms with Crippen molar-refractivity contribution >= 4 is 11.6 Å². The Morgan fingerprint density at radius 1 is 1.25 bits per heavy atom. The van der Waals surface area contributed by atoms with Crippen LogP contribution in [-0.4, -0.2) is 22.7 Å². The van der Waals surface area contributed by atoms with E-state index in [0.29, 0.717) is 34.3 Å². The lowest BCUT2D eigenvalue weighted by Gasteiger charge is -2.08. The van der Waals surface area contributed by atoms with Crippen LogP contribution in [0.1, 0.15) is 21.9 Å². The molecule has 2 heterocycles. The summed E-state index contributed by atoms with van der Waals surface area (Å²) in [7, 11) is 0. The lowest BCUT2D eigenvalue weighted by atomic mass is 10.2. The van der Waals surface area contributed by atoms with Gasteiger partial charge in [-0.25, -0.2) is 9.97 Å². The molecule has 0 fully saturated rings. The summed E-state index contributed by atoms with van der Waals surface area (Å²) in [6.07, 6.45) is 1.53. The molecule has 6 heteroatoms. The Morgan fingerprint density at radius 3 is 2.85 bits per heavy atom. The normalized spacial score (nSPS) is 12.3. The number of hydrogen-bond donors (Lipinski definition) is 1. The van der Waals surface area contributed by atoms with Gasteiger partial charge in [0.15, 0.2) is 11.5 Å². The van der Waals surface area contributed by atoms with Crippen LogP contribution in [0.3, 0.4) is 0 Å². The van der Waals surface area contributed by atoms with Crippen molar-refractivity contribution < 1.29 is 14.3 Å². The summed E-state index contributed by atoms with van der Waals surface area (Å²) in [5.41, 5.74) is 1.74. The quantitative estimate of drug-likeness (QED) is 0.905. The Morgan fingerprint density at radius 2 is 2.05 bits per heavy atom. The fourth-order valence-electron chi connectivity index (χ4n) is 1.98. The van der Waals surface area contributed by atoms with Crippen LogP contribution in [0, 0.1) is 13.8 Å². The summed E-state index contributed by atoms with van der Waals surface area (Å²) >= 11 is 0. The highest BCUT2D eigenvalue weighted by molar-refractivity contribution is 6.04. The fraction of sp³-hybridized carbons (Fsp3) is 0.214. The number of benzene rings is 1. The van der Waals surface area contributed by atoms with E-state index in [4.69, 9.17) is 9.47 Å². The van der Waals surface area contributed by atoms with Gasteiger partial charge in [-0.1, -0.05) is 0 Å². The summed E-state index contributed by atoms with van der Waals surface area (Å²) in [6, 6.07) is 5.25. The van der Waals surface area contributed by atoms with Crippen molar-refractivity contribution in [3.63, 3.8) is 0 Å². The Bertz CT molecular complexity index is 685. The van der Waals surface area contributed by atoms with Crippen molar-refractivity contribution in [3.05, 3.63) is 41.5 Å². The van der Waals surface area contributed by atoms with Crippen LogP contribution in [0.4, 0.5) is 5.69 Å². The topological polar surface area (TPSA) is 73.3 Å². The van der Waals surface area contributed by atoms with Gasteiger partial charge >= 0.3 is 0 Å². The zero-order valence-electron chi connectivity index (χ0n) is 11.1. The highest BCUT2D eigenvalue weighted by Gasteiger charge is 2.16. The second-order valence-electron chi connectivity index (χ2n) is 4.44. The number of amides is 1. The summed E-state index contributed by atoms with van der Waals surface area (Å²) in [6.45, 7) is 3.77. The minimum absolute atomic E-state index is 0.206. The maximum atomic E-state index is 12.2. The number of carbonyl (C=O) groups is 1. The van der Waals surface area contributed by atoms with Crippen molar-refractivity contribution in [1.29, 1.82) is 0 Å². The number of hydrogen-bond acceptors (Lipinski definition) is 5. The molecule has 1 aromatic heterocycles. The van der Waals surface area contributed by atoms with Gasteiger partial charge in [0.25, 0.3) is 5.91 Å². The van der Waals surface area contributed by atoms with Gasteiger partial charge in [0.2, 0.25) is 6.79 Å². The molecule has 20 heavy (non-hydrogen) atoms. The van der Waals surface area contributed by atoms with E-state index in [9.17, 15) is 4.79 Å². The number of aryl methyl sites for hydroxylation is 2. The van der Waals surface area contributed by atoms with E-state index in [2.05, 4.69) is 15.3 Å². The van der Waals surface area contributed by atoms with Crippen LogP contribution in [-0.2, 0) is 0 Å². The van der Waals surface area contributed by atoms with Gasteiger partial charge in [-0.3, -0.25) is 4.79 Å². The highest BCUT2D eigenvalue weighted by Crippen LogP contribution is 2.34. The Hall–Kier alpha value is -2.63. The first-order valence-electron chi connectivity index (χ1n) is 6.15. The third-order valence-corrected chi connectivity index (χ3v) is 2.97. The average Bonchev–Trinajstić information content (AvgIpc) is 2.85. The fourth-order valence-corrected chi connectivity index (χ4v) is 1.98. The van der Waals surface area contributed by atoms with E-state index in [1.807, 2.05) is 0 Å². The Kier molecular flexibility index (Phi) is 2.98. The summed E-state index contributed by atoms with van der Waals surface area (Å²) in [4.78, 5) is 20.4. The molecule has 1 aliphatic heterocycles. The maximum Gasteiger partial charge on any atom is 0.259 e. The predicted molar refractivity (Wildman–Crippen MR) is 72.0 cm³/mol. The van der Waals surface area contributed by atoms with E-state index < -0.39 is 0 Å². The Labute approximate surface area is 115 Å². The molecular formula is C14H13N3O3. The zero-order valence-corrected chi connectivity index (χ0v) is 11.1. The lowest BCUT2D eigenvalue weighted by Crippen LogP contribution is -2.15. The van der Waals surface area contributed by atoms with Crippen molar-refractivity contribution in [3.8, 4) is 11.5 Å². The molecule has 6 nitrogen and oxygen atoms in total. The van der Waals surface area contributed by atoms with E-state index in [1.165, 1.54) is 6.20 Å². The second kappa shape index (κ2) is 4.80. The number of anilines is 1. The standard InChI is InChI=1S/C14H13N3O3/c1-8-11(6-15-9(2)16-8)14(18)17-10-3-4-12-13(5-10)20-7-19-12/h3-6H,7H2,1-2H3,(H,17,18). The Balaban J connectivity index is 1.82. The van der Waals surface area contributed by atoms with Crippen LogP contribution in [0.15, 0.2) is 24.4 Å². The number of nitrogens with zero attached hydrogens (tertiary/aromatic N) is 2. The molecule has 0 radical (unpaired) electrons. The number of rotatable bonds is 2. The van der Waals surface area contributed by atoms with Gasteiger partial charge in [-0.15, -0.1) is 0 Å². The number of nitrogens with one attached hydrogen (secondary N) is 1. The molecule has 1 aromatic carbocycles. The molecule has 0 saturated carbocycles. The molecule has 102 valence electrons. The van der Waals surface area contributed by atoms with Gasteiger partial charge in [0, 0.05) is 18.0 Å². The SMILES string of the molecule is Cc1ncc(C(=O)Nc2ccc3c(c2)OCO3)c(C)n1. The van der Waals surface area contributed by atoms with Crippen molar-refractivity contribution in [1.82, 2.24) is 9.97 Å². The number of ether oxygens (including phenoxy) is 2. The largest absolute Gasteiger partial charge is 0.454 e. The third-order valence-electron chi connectivity index (χ3n) is 2.97. The molecule has 2 aromatic rings. The lowest BCUT2D eigenvalue weighted by molar-refractivity contribution is 0.102. The summed E-state index contributed by atoms with van der Waals surface area (Å²) < 4.78 is 10.5. The molecular weight excluding hydrogens is 258 g/mol. The van der Waals surface area contributed by atoms with Crippen LogP contribution >= 0.6 is 0 Å². The van der Waals surface area contributed by atoms with Crippen LogP contribution in [0.25, 0.3) is 0 Å². The van der Waals surface area contributed by atoms with Crippen molar-refractivity contribution in [2.75, 3.05) is 12.1 Å². The number of carbonyl (C=O) groups excluding carboxylic acids is 1. The maximum absolute atomic E-state index is 12.2.